The van der Waals surface area contributed by atoms with E-state index >= 15 is 0 Å². The Morgan fingerprint density at radius 1 is 1.50 bits per heavy atom. The molecule has 0 aromatic carbocycles. The number of hydrogen-bond donors (Lipinski definition) is 2. The molecule has 1 aliphatic rings. The minimum absolute atomic E-state index is 0.00204. The van der Waals surface area contributed by atoms with Crippen molar-refractivity contribution in [1.29, 1.82) is 0 Å². The summed E-state index contributed by atoms with van der Waals surface area (Å²) >= 11 is 0. The summed E-state index contributed by atoms with van der Waals surface area (Å²) in [6.07, 6.45) is 2.66. The van der Waals surface area contributed by atoms with Crippen molar-refractivity contribution in [3.8, 4) is 0 Å². The number of ether oxygens (including phenoxy) is 1. The monoisotopic (exact) mass is 229 g/mol. The van der Waals surface area contributed by atoms with Gasteiger partial charge in [0, 0.05) is 33.4 Å². The van der Waals surface area contributed by atoms with Crippen LogP contribution in [-0.4, -0.2) is 56.7 Å². The second-order valence-corrected chi connectivity index (χ2v) is 4.56. The van der Waals surface area contributed by atoms with E-state index in [-0.39, 0.29) is 5.91 Å². The molecule has 0 unspecified atom stereocenters. The largest absolute Gasteiger partial charge is 0.385 e. The van der Waals surface area contributed by atoms with Crippen LogP contribution < -0.4 is 11.1 Å². The van der Waals surface area contributed by atoms with Crippen molar-refractivity contribution in [3.63, 3.8) is 0 Å². The highest BCUT2D eigenvalue weighted by atomic mass is 16.5. The van der Waals surface area contributed by atoms with E-state index in [4.69, 9.17) is 10.5 Å². The third-order valence-corrected chi connectivity index (χ3v) is 2.91. The number of nitrogens with zero attached hydrogens (tertiary/aromatic N) is 1. The van der Waals surface area contributed by atoms with Gasteiger partial charge in [-0.2, -0.15) is 0 Å². The third-order valence-electron chi connectivity index (χ3n) is 2.91. The molecule has 1 fully saturated rings. The molecule has 0 spiro atoms. The van der Waals surface area contributed by atoms with Gasteiger partial charge in [-0.15, -0.1) is 0 Å². The smallest absolute Gasteiger partial charge is 0.240 e. The maximum absolute atomic E-state index is 11.5. The Morgan fingerprint density at radius 3 is 2.75 bits per heavy atom. The summed E-state index contributed by atoms with van der Waals surface area (Å²) in [7, 11) is 3.74. The highest BCUT2D eigenvalue weighted by Gasteiger charge is 2.45. The summed E-state index contributed by atoms with van der Waals surface area (Å²) in [5.74, 6) is -0.00204. The van der Waals surface area contributed by atoms with Crippen LogP contribution in [0.1, 0.15) is 19.3 Å². The average molecular weight is 229 g/mol. The predicted molar refractivity (Wildman–Crippen MR) is 63.2 cm³/mol. The maximum atomic E-state index is 11.5. The number of nitrogens with two attached hydrogens (primary N) is 1. The topological polar surface area (TPSA) is 67.6 Å². The highest BCUT2D eigenvalue weighted by Crippen LogP contribution is 2.31. The van der Waals surface area contributed by atoms with Crippen LogP contribution in [0.4, 0.5) is 0 Å². The normalized spacial score (nSPS) is 17.5. The van der Waals surface area contributed by atoms with E-state index in [1.54, 1.807) is 7.11 Å². The second-order valence-electron chi connectivity index (χ2n) is 4.56. The average Bonchev–Trinajstić information content (AvgIpc) is 2.98. The molecular formula is C11H23N3O2. The summed E-state index contributed by atoms with van der Waals surface area (Å²) in [4.78, 5) is 13.7. The van der Waals surface area contributed by atoms with Crippen molar-refractivity contribution < 1.29 is 9.53 Å². The number of hydrogen-bond acceptors (Lipinski definition) is 4. The predicted octanol–water partition coefficient (Wildman–Crippen LogP) is -0.438. The Morgan fingerprint density at radius 2 is 2.19 bits per heavy atom. The fraction of sp³-hybridized carbons (Fsp3) is 0.909. The quantitative estimate of drug-likeness (QED) is 0.554. The van der Waals surface area contributed by atoms with E-state index in [9.17, 15) is 4.79 Å². The number of likely N-dealkylation sites (N-methyl/N-ethyl adjacent to an activating group) is 1. The van der Waals surface area contributed by atoms with Crippen molar-refractivity contribution in [2.75, 3.05) is 40.4 Å². The van der Waals surface area contributed by atoms with Crippen LogP contribution in [0.25, 0.3) is 0 Å². The molecule has 0 atom stereocenters. The minimum Gasteiger partial charge on any atom is -0.385 e. The molecule has 0 heterocycles. The van der Waals surface area contributed by atoms with Crippen molar-refractivity contribution >= 4 is 5.91 Å². The Labute approximate surface area is 97.3 Å². The first-order valence-corrected chi connectivity index (χ1v) is 5.83. The van der Waals surface area contributed by atoms with Crippen LogP contribution in [0.15, 0.2) is 0 Å². The lowest BCUT2D eigenvalue weighted by atomic mass is 10.3. The summed E-state index contributed by atoms with van der Waals surface area (Å²) < 4.78 is 4.97. The zero-order chi connectivity index (χ0) is 12.0. The van der Waals surface area contributed by atoms with Crippen molar-refractivity contribution in [2.45, 2.75) is 24.8 Å². The summed E-state index contributed by atoms with van der Waals surface area (Å²) in [6.45, 7) is 3.28. The number of amides is 1. The molecule has 94 valence electrons. The van der Waals surface area contributed by atoms with Crippen LogP contribution in [0.3, 0.4) is 0 Å². The van der Waals surface area contributed by atoms with Crippen molar-refractivity contribution in [3.05, 3.63) is 0 Å². The van der Waals surface area contributed by atoms with E-state index in [0.717, 1.165) is 39.0 Å². The third kappa shape index (κ3) is 4.47. The lowest BCUT2D eigenvalue weighted by Gasteiger charge is -2.17. The number of carbonyl (C=O) groups excluding carboxylic acids is 1. The zero-order valence-electron chi connectivity index (χ0n) is 10.3. The molecule has 5 heteroatoms. The highest BCUT2D eigenvalue weighted by molar-refractivity contribution is 5.88. The Bertz CT molecular complexity index is 229. The maximum Gasteiger partial charge on any atom is 0.240 e. The van der Waals surface area contributed by atoms with Crippen LogP contribution in [0.5, 0.6) is 0 Å². The van der Waals surface area contributed by atoms with Crippen LogP contribution >= 0.6 is 0 Å². The van der Waals surface area contributed by atoms with Crippen LogP contribution in [0.2, 0.25) is 0 Å². The first kappa shape index (κ1) is 13.4. The molecule has 3 N–H and O–H groups in total. The Kier molecular flexibility index (Phi) is 5.18. The van der Waals surface area contributed by atoms with Gasteiger partial charge in [0.25, 0.3) is 0 Å². The fourth-order valence-corrected chi connectivity index (χ4v) is 1.49. The SMILES string of the molecule is COCCCN(C)CCNC(=O)C1(N)CC1. The van der Waals surface area contributed by atoms with Gasteiger partial charge in [0.1, 0.15) is 0 Å². The molecule has 16 heavy (non-hydrogen) atoms. The number of carbonyl (C=O) groups is 1. The number of methoxy groups -OCH3 is 1. The molecule has 1 saturated carbocycles. The molecule has 1 amide bonds. The minimum atomic E-state index is -0.547. The first-order chi connectivity index (χ1) is 7.58. The molecule has 0 saturated heterocycles. The van der Waals surface area contributed by atoms with Crippen LogP contribution in [-0.2, 0) is 9.53 Å². The van der Waals surface area contributed by atoms with Gasteiger partial charge in [-0.3, -0.25) is 4.79 Å². The standard InChI is InChI=1S/C11H23N3O2/c1-14(7-3-9-16-2)8-6-13-10(15)11(12)4-5-11/h3-9,12H2,1-2H3,(H,13,15). The molecule has 0 aromatic rings. The van der Waals surface area contributed by atoms with E-state index in [2.05, 4.69) is 10.2 Å². The summed E-state index contributed by atoms with van der Waals surface area (Å²) in [5.41, 5.74) is 5.22. The van der Waals surface area contributed by atoms with E-state index in [1.807, 2.05) is 7.05 Å². The molecule has 1 rings (SSSR count). The lowest BCUT2D eigenvalue weighted by molar-refractivity contribution is -0.123. The van der Waals surface area contributed by atoms with Crippen molar-refractivity contribution in [1.82, 2.24) is 10.2 Å². The molecule has 0 aliphatic heterocycles. The summed E-state index contributed by atoms with van der Waals surface area (Å²) in [6, 6.07) is 0. The van der Waals surface area contributed by atoms with E-state index in [1.165, 1.54) is 0 Å². The Balaban J connectivity index is 1.99. The van der Waals surface area contributed by atoms with Gasteiger partial charge < -0.3 is 20.7 Å². The second kappa shape index (κ2) is 6.18. The van der Waals surface area contributed by atoms with E-state index < -0.39 is 5.54 Å². The molecule has 0 aromatic heterocycles. The van der Waals surface area contributed by atoms with Gasteiger partial charge in [-0.25, -0.2) is 0 Å². The van der Waals surface area contributed by atoms with Gasteiger partial charge in [-0.05, 0) is 26.3 Å². The fourth-order valence-electron chi connectivity index (χ4n) is 1.49. The Hall–Kier alpha value is -0.650. The zero-order valence-corrected chi connectivity index (χ0v) is 10.3. The van der Waals surface area contributed by atoms with Gasteiger partial charge in [0.05, 0.1) is 5.54 Å². The molecule has 0 radical (unpaired) electrons. The molecule has 1 aliphatic carbocycles. The molecule has 0 bridgehead atoms. The van der Waals surface area contributed by atoms with Gasteiger partial charge >= 0.3 is 0 Å². The van der Waals surface area contributed by atoms with Gasteiger partial charge in [-0.1, -0.05) is 0 Å². The number of nitrogens with one attached hydrogen (secondary N) is 1. The van der Waals surface area contributed by atoms with E-state index in [0.29, 0.717) is 6.54 Å². The lowest BCUT2D eigenvalue weighted by Crippen LogP contribution is -2.45. The van der Waals surface area contributed by atoms with Crippen LogP contribution in [0, 0.1) is 0 Å². The first-order valence-electron chi connectivity index (χ1n) is 5.83. The molecule has 5 nitrogen and oxygen atoms in total. The summed E-state index contributed by atoms with van der Waals surface area (Å²) in [5, 5.41) is 2.87. The van der Waals surface area contributed by atoms with Gasteiger partial charge in [0.2, 0.25) is 5.91 Å². The molecular weight excluding hydrogens is 206 g/mol. The van der Waals surface area contributed by atoms with Gasteiger partial charge in [0.15, 0.2) is 0 Å². The van der Waals surface area contributed by atoms with Crippen molar-refractivity contribution in [2.24, 2.45) is 5.73 Å². The number of rotatable bonds is 8.